The monoisotopic (exact) mass is 442 g/mol. The molecular weight excluding hydrogens is 408 g/mol. The predicted octanol–water partition coefficient (Wildman–Crippen LogP) is 2.38. The molecule has 0 aliphatic carbocycles. The summed E-state index contributed by atoms with van der Waals surface area (Å²) in [5.74, 6) is -0.995. The topological polar surface area (TPSA) is 95.9 Å². The highest BCUT2D eigenvalue weighted by atomic mass is 16.5. The number of hydrogen-bond acceptors (Lipinski definition) is 5. The fourth-order valence-electron chi connectivity index (χ4n) is 4.38. The lowest BCUT2D eigenvalue weighted by molar-refractivity contribution is -0.148. The van der Waals surface area contributed by atoms with Crippen LogP contribution in [0.5, 0.6) is 0 Å². The molecule has 0 saturated carbocycles. The molecule has 174 valence electrons. The number of aliphatic hydroxyl groups is 1. The molecule has 7 nitrogen and oxygen atoms in total. The van der Waals surface area contributed by atoms with Gasteiger partial charge >= 0.3 is 5.97 Å². The van der Waals surface area contributed by atoms with Crippen LogP contribution in [-0.2, 0) is 25.5 Å². The van der Waals surface area contributed by atoms with Crippen molar-refractivity contribution < 1.29 is 24.2 Å². The van der Waals surface area contributed by atoms with E-state index in [0.29, 0.717) is 32.2 Å². The summed E-state index contributed by atoms with van der Waals surface area (Å²) in [5, 5.41) is 12.6. The first-order chi connectivity index (χ1) is 15.6. The molecule has 2 aliphatic heterocycles. The van der Waals surface area contributed by atoms with E-state index in [1.54, 1.807) is 4.90 Å². The van der Waals surface area contributed by atoms with Gasteiger partial charge in [0.1, 0.15) is 6.61 Å². The second kappa shape index (κ2) is 12.4. The zero-order valence-corrected chi connectivity index (χ0v) is 18.6. The van der Waals surface area contributed by atoms with Crippen LogP contribution in [0.3, 0.4) is 0 Å². The van der Waals surface area contributed by atoms with E-state index >= 15 is 0 Å². The van der Waals surface area contributed by atoms with Gasteiger partial charge in [0.15, 0.2) is 0 Å². The molecule has 0 unspecified atom stereocenters. The molecule has 1 fully saturated rings. The SMILES string of the molecule is O=C(C[C@@H]1C/C=C\CCCC(=O)OC[C@@H]2CCCN2C1=O)N[C@H](CO)Cc1ccccc1. The first-order valence-corrected chi connectivity index (χ1v) is 11.6. The summed E-state index contributed by atoms with van der Waals surface area (Å²) in [5.41, 5.74) is 1.03. The average molecular weight is 443 g/mol. The number of nitrogens with zero attached hydrogens (tertiary/aromatic N) is 1. The number of cyclic esters (lactones) is 1. The summed E-state index contributed by atoms with van der Waals surface area (Å²) < 4.78 is 5.39. The maximum atomic E-state index is 13.3. The number of carbonyl (C=O) groups is 3. The Morgan fingerprint density at radius 3 is 2.78 bits per heavy atom. The lowest BCUT2D eigenvalue weighted by Gasteiger charge is -2.28. The normalized spacial score (nSPS) is 24.3. The summed E-state index contributed by atoms with van der Waals surface area (Å²) >= 11 is 0. The molecule has 3 rings (SSSR count). The zero-order chi connectivity index (χ0) is 22.8. The van der Waals surface area contributed by atoms with Gasteiger partial charge < -0.3 is 20.1 Å². The van der Waals surface area contributed by atoms with Gasteiger partial charge in [-0.05, 0) is 44.1 Å². The number of nitrogens with one attached hydrogen (secondary N) is 1. The van der Waals surface area contributed by atoms with Gasteiger partial charge in [0.05, 0.1) is 24.6 Å². The molecule has 3 atom stereocenters. The molecular formula is C25H34N2O5. The van der Waals surface area contributed by atoms with Crippen molar-refractivity contribution in [3.05, 3.63) is 48.0 Å². The quantitative estimate of drug-likeness (QED) is 0.521. The minimum absolute atomic E-state index is 0.0637. The Balaban J connectivity index is 1.65. The standard InChI is InChI=1S/C25H34N2O5/c28-17-21(15-19-9-4-3-5-10-19)26-23(29)16-20-11-6-1-2-7-13-24(30)32-18-22-12-8-14-27(22)25(20)31/h1,3-6,9-10,20-22,28H,2,7-8,11-18H2,(H,26,29)/b6-1-/t20-,21-,22-/m0/s1. The predicted molar refractivity (Wildman–Crippen MR) is 121 cm³/mol. The van der Waals surface area contributed by atoms with E-state index < -0.39 is 12.0 Å². The van der Waals surface area contributed by atoms with Crippen molar-refractivity contribution in [2.24, 2.45) is 5.92 Å². The summed E-state index contributed by atoms with van der Waals surface area (Å²) in [7, 11) is 0. The highest BCUT2D eigenvalue weighted by Gasteiger charge is 2.34. The molecule has 2 amide bonds. The number of carbonyl (C=O) groups excluding carboxylic acids is 3. The second-order valence-electron chi connectivity index (χ2n) is 8.65. The van der Waals surface area contributed by atoms with Crippen LogP contribution in [0.25, 0.3) is 0 Å². The Kier molecular flexibility index (Phi) is 9.28. The van der Waals surface area contributed by atoms with Crippen LogP contribution >= 0.6 is 0 Å². The summed E-state index contributed by atoms with van der Waals surface area (Å²) in [4.78, 5) is 39.8. The first-order valence-electron chi connectivity index (χ1n) is 11.6. The second-order valence-corrected chi connectivity index (χ2v) is 8.65. The zero-order valence-electron chi connectivity index (χ0n) is 18.6. The molecule has 1 saturated heterocycles. The van der Waals surface area contributed by atoms with Crippen LogP contribution in [0, 0.1) is 5.92 Å². The Labute approximate surface area is 189 Å². The number of rotatable bonds is 6. The first kappa shape index (κ1) is 24.0. The lowest BCUT2D eigenvalue weighted by atomic mass is 9.97. The third-order valence-electron chi connectivity index (χ3n) is 6.13. The summed E-state index contributed by atoms with van der Waals surface area (Å²) in [6, 6.07) is 9.17. The molecule has 2 aliphatic rings. The fourth-order valence-corrected chi connectivity index (χ4v) is 4.38. The fraction of sp³-hybridized carbons (Fsp3) is 0.560. The summed E-state index contributed by atoms with van der Waals surface area (Å²) in [6.45, 7) is 0.676. The van der Waals surface area contributed by atoms with Gasteiger partial charge in [0, 0.05) is 19.4 Å². The minimum atomic E-state index is -0.473. The van der Waals surface area contributed by atoms with E-state index in [9.17, 15) is 19.5 Å². The van der Waals surface area contributed by atoms with Crippen molar-refractivity contribution in [1.82, 2.24) is 10.2 Å². The lowest BCUT2D eigenvalue weighted by Crippen LogP contribution is -2.45. The number of benzene rings is 1. The van der Waals surface area contributed by atoms with Crippen LogP contribution in [0.1, 0.15) is 50.5 Å². The van der Waals surface area contributed by atoms with Gasteiger partial charge in [-0.25, -0.2) is 0 Å². The van der Waals surface area contributed by atoms with Gasteiger partial charge in [0.2, 0.25) is 11.8 Å². The van der Waals surface area contributed by atoms with Crippen molar-refractivity contribution in [3.63, 3.8) is 0 Å². The van der Waals surface area contributed by atoms with Crippen LogP contribution in [0.4, 0.5) is 0 Å². The van der Waals surface area contributed by atoms with Gasteiger partial charge in [-0.2, -0.15) is 0 Å². The van der Waals surface area contributed by atoms with E-state index in [-0.39, 0.29) is 43.5 Å². The van der Waals surface area contributed by atoms with E-state index in [4.69, 9.17) is 4.74 Å². The molecule has 7 heteroatoms. The van der Waals surface area contributed by atoms with E-state index in [2.05, 4.69) is 5.32 Å². The minimum Gasteiger partial charge on any atom is -0.463 e. The molecule has 0 aromatic heterocycles. The molecule has 2 heterocycles. The molecule has 1 aromatic rings. The number of esters is 1. The van der Waals surface area contributed by atoms with E-state index in [1.165, 1.54) is 0 Å². The van der Waals surface area contributed by atoms with Crippen molar-refractivity contribution in [2.45, 2.75) is 63.5 Å². The van der Waals surface area contributed by atoms with E-state index in [1.807, 2.05) is 42.5 Å². The van der Waals surface area contributed by atoms with Gasteiger partial charge in [-0.3, -0.25) is 14.4 Å². The van der Waals surface area contributed by atoms with Gasteiger partial charge in [-0.1, -0.05) is 42.5 Å². The third kappa shape index (κ3) is 7.19. The number of allylic oxidation sites excluding steroid dienone is 2. The Hall–Kier alpha value is -2.67. The smallest absolute Gasteiger partial charge is 0.305 e. The average Bonchev–Trinajstić information content (AvgIpc) is 3.27. The third-order valence-corrected chi connectivity index (χ3v) is 6.13. The molecule has 0 spiro atoms. The molecule has 2 N–H and O–H groups in total. The van der Waals surface area contributed by atoms with Crippen molar-refractivity contribution in [2.75, 3.05) is 19.8 Å². The maximum Gasteiger partial charge on any atom is 0.305 e. The van der Waals surface area contributed by atoms with E-state index in [0.717, 1.165) is 24.8 Å². The number of hydrogen-bond donors (Lipinski definition) is 2. The summed E-state index contributed by atoms with van der Waals surface area (Å²) in [6.07, 6.45) is 8.48. The Morgan fingerprint density at radius 1 is 1.19 bits per heavy atom. The molecule has 32 heavy (non-hydrogen) atoms. The van der Waals surface area contributed by atoms with Crippen molar-refractivity contribution in [1.29, 1.82) is 0 Å². The number of ether oxygens (including phenoxy) is 1. The van der Waals surface area contributed by atoms with Crippen LogP contribution < -0.4 is 5.32 Å². The molecule has 1 aromatic carbocycles. The van der Waals surface area contributed by atoms with Crippen molar-refractivity contribution >= 4 is 17.8 Å². The largest absolute Gasteiger partial charge is 0.463 e. The van der Waals surface area contributed by atoms with Gasteiger partial charge in [-0.15, -0.1) is 0 Å². The number of fused-ring (bicyclic) bond motifs is 1. The Morgan fingerprint density at radius 2 is 2.00 bits per heavy atom. The molecule has 0 bridgehead atoms. The number of amides is 2. The van der Waals surface area contributed by atoms with Crippen molar-refractivity contribution in [3.8, 4) is 0 Å². The Bertz CT molecular complexity index is 795. The maximum absolute atomic E-state index is 13.3. The van der Waals surface area contributed by atoms with Crippen LogP contribution in [0.15, 0.2) is 42.5 Å². The van der Waals surface area contributed by atoms with Crippen LogP contribution in [0.2, 0.25) is 0 Å². The highest BCUT2D eigenvalue weighted by Crippen LogP contribution is 2.24. The highest BCUT2D eigenvalue weighted by molar-refractivity contribution is 5.86. The molecule has 0 radical (unpaired) electrons. The van der Waals surface area contributed by atoms with Gasteiger partial charge in [0.25, 0.3) is 0 Å². The number of aliphatic hydroxyl groups excluding tert-OH is 1. The van der Waals surface area contributed by atoms with Crippen LogP contribution in [-0.4, -0.2) is 59.6 Å².